The van der Waals surface area contributed by atoms with Crippen LogP contribution in [-0.2, 0) is 0 Å². The van der Waals surface area contributed by atoms with Crippen molar-refractivity contribution >= 4 is 11.9 Å². The smallest absolute Gasteiger partial charge is 0.335 e. The average molecular weight is 207 g/mol. The second-order valence-corrected chi connectivity index (χ2v) is 3.31. The molecule has 0 aliphatic heterocycles. The molecule has 0 atom stereocenters. The number of hydrogen-bond acceptors (Lipinski definition) is 2. The number of aryl methyl sites for hydroxylation is 1. The second kappa shape index (κ2) is 4.13. The first-order chi connectivity index (χ1) is 6.99. The molecule has 0 heterocycles. The Morgan fingerprint density at radius 2 is 1.87 bits per heavy atom. The van der Waals surface area contributed by atoms with Gasteiger partial charge in [-0.05, 0) is 31.0 Å². The van der Waals surface area contributed by atoms with Crippen molar-refractivity contribution < 1.29 is 14.7 Å². The number of carbonyl (C=O) groups excluding carboxylic acids is 1. The van der Waals surface area contributed by atoms with Crippen molar-refractivity contribution in [2.45, 2.75) is 13.8 Å². The fourth-order valence-electron chi connectivity index (χ4n) is 1.55. The number of hydrogen-bond donors (Lipinski definition) is 2. The molecule has 4 heteroatoms. The van der Waals surface area contributed by atoms with Crippen LogP contribution in [0.1, 0.15) is 31.8 Å². The highest BCUT2D eigenvalue weighted by Gasteiger charge is 2.16. The lowest BCUT2D eigenvalue weighted by Gasteiger charge is -2.10. The maximum atomic E-state index is 11.5. The zero-order valence-electron chi connectivity index (χ0n) is 8.92. The molecule has 0 radical (unpaired) electrons. The normalized spacial score (nSPS) is 9.80. The fourth-order valence-corrected chi connectivity index (χ4v) is 1.55. The van der Waals surface area contributed by atoms with E-state index in [2.05, 4.69) is 5.32 Å². The van der Waals surface area contributed by atoms with Crippen LogP contribution in [0.2, 0.25) is 0 Å². The Morgan fingerprint density at radius 1 is 1.27 bits per heavy atom. The minimum absolute atomic E-state index is 0.166. The summed E-state index contributed by atoms with van der Waals surface area (Å²) in [5.41, 5.74) is 1.88. The Kier molecular flexibility index (Phi) is 3.09. The fraction of sp³-hybridized carbons (Fsp3) is 0.273. The third-order valence-corrected chi connectivity index (χ3v) is 2.36. The van der Waals surface area contributed by atoms with Gasteiger partial charge in [0.2, 0.25) is 0 Å². The first-order valence-electron chi connectivity index (χ1n) is 4.54. The van der Waals surface area contributed by atoms with E-state index in [1.807, 2.05) is 0 Å². The van der Waals surface area contributed by atoms with Gasteiger partial charge in [-0.1, -0.05) is 6.07 Å². The Bertz CT molecular complexity index is 424. The highest BCUT2D eigenvalue weighted by Crippen LogP contribution is 2.18. The summed E-state index contributed by atoms with van der Waals surface area (Å²) in [6.45, 7) is 3.42. The molecule has 0 aliphatic carbocycles. The molecule has 0 fully saturated rings. The van der Waals surface area contributed by atoms with Gasteiger partial charge in [-0.15, -0.1) is 0 Å². The Hall–Kier alpha value is -1.84. The van der Waals surface area contributed by atoms with Crippen LogP contribution < -0.4 is 5.32 Å². The summed E-state index contributed by atoms with van der Waals surface area (Å²) in [5.74, 6) is -1.27. The van der Waals surface area contributed by atoms with Gasteiger partial charge in [0, 0.05) is 12.6 Å². The maximum absolute atomic E-state index is 11.5. The summed E-state index contributed by atoms with van der Waals surface area (Å²) >= 11 is 0. The van der Waals surface area contributed by atoms with Gasteiger partial charge in [-0.2, -0.15) is 0 Å². The summed E-state index contributed by atoms with van der Waals surface area (Å²) in [5, 5.41) is 11.4. The highest BCUT2D eigenvalue weighted by atomic mass is 16.4. The van der Waals surface area contributed by atoms with Gasteiger partial charge in [0.25, 0.3) is 5.91 Å². The zero-order valence-corrected chi connectivity index (χ0v) is 8.92. The quantitative estimate of drug-likeness (QED) is 0.769. The van der Waals surface area contributed by atoms with Gasteiger partial charge in [0.15, 0.2) is 0 Å². The number of aromatic carboxylic acids is 1. The average Bonchev–Trinajstić information content (AvgIpc) is 2.16. The van der Waals surface area contributed by atoms with Crippen LogP contribution >= 0.6 is 0 Å². The number of benzene rings is 1. The molecule has 4 nitrogen and oxygen atoms in total. The third-order valence-electron chi connectivity index (χ3n) is 2.36. The molecule has 80 valence electrons. The van der Waals surface area contributed by atoms with Gasteiger partial charge in [-0.3, -0.25) is 4.79 Å². The molecular weight excluding hydrogens is 194 g/mol. The summed E-state index contributed by atoms with van der Waals surface area (Å²) in [4.78, 5) is 22.4. The number of nitrogens with one attached hydrogen (secondary N) is 1. The number of rotatable bonds is 2. The van der Waals surface area contributed by atoms with Crippen LogP contribution in [0.5, 0.6) is 0 Å². The van der Waals surface area contributed by atoms with Crippen LogP contribution in [0.4, 0.5) is 0 Å². The van der Waals surface area contributed by atoms with E-state index in [0.29, 0.717) is 11.1 Å². The van der Waals surface area contributed by atoms with Gasteiger partial charge < -0.3 is 10.4 Å². The molecule has 0 spiro atoms. The topological polar surface area (TPSA) is 66.4 Å². The van der Waals surface area contributed by atoms with E-state index in [1.54, 1.807) is 19.9 Å². The molecule has 15 heavy (non-hydrogen) atoms. The van der Waals surface area contributed by atoms with Crippen LogP contribution in [0, 0.1) is 13.8 Å². The molecule has 0 saturated carbocycles. The molecule has 0 unspecified atom stereocenters. The number of carboxylic acids is 1. The summed E-state index contributed by atoms with van der Waals surface area (Å²) in [7, 11) is 1.52. The predicted octanol–water partition coefficient (Wildman–Crippen LogP) is 1.36. The van der Waals surface area contributed by atoms with Crippen molar-refractivity contribution in [3.63, 3.8) is 0 Å². The van der Waals surface area contributed by atoms with Gasteiger partial charge in [0.05, 0.1) is 5.56 Å². The van der Waals surface area contributed by atoms with Gasteiger partial charge >= 0.3 is 5.97 Å². The van der Waals surface area contributed by atoms with E-state index >= 15 is 0 Å². The van der Waals surface area contributed by atoms with Crippen LogP contribution in [0.3, 0.4) is 0 Å². The van der Waals surface area contributed by atoms with E-state index in [1.165, 1.54) is 13.1 Å². The van der Waals surface area contributed by atoms with Crippen molar-refractivity contribution in [1.29, 1.82) is 0 Å². The van der Waals surface area contributed by atoms with E-state index in [9.17, 15) is 9.59 Å². The van der Waals surface area contributed by atoms with Crippen molar-refractivity contribution in [1.82, 2.24) is 5.32 Å². The van der Waals surface area contributed by atoms with Gasteiger partial charge in [0.1, 0.15) is 0 Å². The van der Waals surface area contributed by atoms with Crippen LogP contribution in [0.25, 0.3) is 0 Å². The largest absolute Gasteiger partial charge is 0.478 e. The predicted molar refractivity (Wildman–Crippen MR) is 56.3 cm³/mol. The summed E-state index contributed by atoms with van der Waals surface area (Å²) in [6.07, 6.45) is 0. The van der Waals surface area contributed by atoms with Crippen molar-refractivity contribution in [2.24, 2.45) is 0 Å². The molecular formula is C11H13NO3. The number of amides is 1. The summed E-state index contributed by atoms with van der Waals surface area (Å²) in [6, 6.07) is 3.15. The SMILES string of the molecule is CNC(=O)c1c(C)ccc(C(=O)O)c1C. The van der Waals surface area contributed by atoms with Crippen LogP contribution in [-0.4, -0.2) is 24.0 Å². The minimum Gasteiger partial charge on any atom is -0.478 e. The maximum Gasteiger partial charge on any atom is 0.335 e. The van der Waals surface area contributed by atoms with E-state index < -0.39 is 5.97 Å². The second-order valence-electron chi connectivity index (χ2n) is 3.31. The number of carboxylic acid groups (broad SMARTS) is 1. The van der Waals surface area contributed by atoms with E-state index in [-0.39, 0.29) is 11.5 Å². The van der Waals surface area contributed by atoms with Crippen molar-refractivity contribution in [3.05, 3.63) is 34.4 Å². The van der Waals surface area contributed by atoms with Crippen LogP contribution in [0.15, 0.2) is 12.1 Å². The molecule has 1 aromatic carbocycles. The third kappa shape index (κ3) is 1.98. The van der Waals surface area contributed by atoms with Crippen molar-refractivity contribution in [2.75, 3.05) is 7.05 Å². The lowest BCUT2D eigenvalue weighted by atomic mass is 9.97. The lowest BCUT2D eigenvalue weighted by Crippen LogP contribution is -2.21. The molecule has 0 saturated heterocycles. The molecule has 0 bridgehead atoms. The van der Waals surface area contributed by atoms with E-state index in [4.69, 9.17) is 5.11 Å². The lowest BCUT2D eigenvalue weighted by molar-refractivity contribution is 0.0696. The molecule has 2 N–H and O–H groups in total. The minimum atomic E-state index is -1.02. The molecule has 1 rings (SSSR count). The molecule has 1 amide bonds. The molecule has 1 aromatic rings. The van der Waals surface area contributed by atoms with E-state index in [0.717, 1.165) is 5.56 Å². The first-order valence-corrected chi connectivity index (χ1v) is 4.54. The summed E-state index contributed by atoms with van der Waals surface area (Å²) < 4.78 is 0. The number of carbonyl (C=O) groups is 2. The highest BCUT2D eigenvalue weighted by molar-refractivity contribution is 6.00. The monoisotopic (exact) mass is 207 g/mol. The Balaban J connectivity index is 3.43. The van der Waals surface area contributed by atoms with Gasteiger partial charge in [-0.25, -0.2) is 4.79 Å². The molecule has 0 aromatic heterocycles. The zero-order chi connectivity index (χ0) is 11.6. The van der Waals surface area contributed by atoms with Crippen molar-refractivity contribution in [3.8, 4) is 0 Å². The molecule has 0 aliphatic rings. The Morgan fingerprint density at radius 3 is 2.33 bits per heavy atom. The standard InChI is InChI=1S/C11H13NO3/c1-6-4-5-8(11(14)15)7(2)9(6)10(13)12-3/h4-5H,1-3H3,(H,12,13)(H,14,15). The first kappa shape index (κ1) is 11.2. The Labute approximate surface area is 87.9 Å².